The quantitative estimate of drug-likeness (QED) is 0.840. The van der Waals surface area contributed by atoms with Crippen molar-refractivity contribution in [3.05, 3.63) is 29.8 Å². The minimum atomic E-state index is -0.386. The monoisotopic (exact) mass is 277 g/mol. The van der Waals surface area contributed by atoms with Gasteiger partial charge in [-0.15, -0.1) is 0 Å². The molecule has 1 aromatic rings. The molecule has 20 heavy (non-hydrogen) atoms. The molecule has 1 aliphatic rings. The second-order valence-corrected chi connectivity index (χ2v) is 5.26. The smallest absolute Gasteiger partial charge is 0.314 e. The minimum Gasteiger partial charge on any atom is -0.497 e. The van der Waals surface area contributed by atoms with Crippen LogP contribution in [0.4, 0.5) is 0 Å². The van der Waals surface area contributed by atoms with Crippen molar-refractivity contribution < 1.29 is 14.3 Å². The molecular weight excluding hydrogens is 254 g/mol. The van der Waals surface area contributed by atoms with E-state index >= 15 is 0 Å². The van der Waals surface area contributed by atoms with Gasteiger partial charge in [0.25, 0.3) is 0 Å². The number of benzene rings is 1. The van der Waals surface area contributed by atoms with E-state index in [9.17, 15) is 4.79 Å². The molecule has 0 heterocycles. The van der Waals surface area contributed by atoms with Crippen LogP contribution < -0.4 is 10.5 Å². The van der Waals surface area contributed by atoms with E-state index in [1.54, 1.807) is 7.11 Å². The van der Waals surface area contributed by atoms with E-state index < -0.39 is 0 Å². The molecule has 0 bridgehead atoms. The molecule has 0 radical (unpaired) electrons. The van der Waals surface area contributed by atoms with Crippen molar-refractivity contribution >= 4 is 5.97 Å². The van der Waals surface area contributed by atoms with Crippen LogP contribution in [0, 0.1) is 0 Å². The van der Waals surface area contributed by atoms with Gasteiger partial charge in [0.2, 0.25) is 0 Å². The highest BCUT2D eigenvalue weighted by Gasteiger charge is 2.25. The summed E-state index contributed by atoms with van der Waals surface area (Å²) in [6.45, 7) is 0.262. The zero-order chi connectivity index (χ0) is 14.4. The Balaban J connectivity index is 2.00. The predicted molar refractivity (Wildman–Crippen MR) is 77.8 cm³/mol. The lowest BCUT2D eigenvalue weighted by atomic mass is 9.96. The first-order chi connectivity index (χ1) is 9.74. The van der Waals surface area contributed by atoms with Gasteiger partial charge in [-0.2, -0.15) is 0 Å². The van der Waals surface area contributed by atoms with Gasteiger partial charge in [-0.05, 0) is 43.4 Å². The maximum atomic E-state index is 12.3. The number of hydrogen-bond donors (Lipinski definition) is 1. The second kappa shape index (κ2) is 7.29. The second-order valence-electron chi connectivity index (χ2n) is 5.26. The van der Waals surface area contributed by atoms with Crippen molar-refractivity contribution in [2.75, 3.05) is 13.7 Å². The van der Waals surface area contributed by atoms with E-state index in [0.717, 1.165) is 37.0 Å². The third-order valence-electron chi connectivity index (χ3n) is 3.87. The summed E-state index contributed by atoms with van der Waals surface area (Å²) in [7, 11) is 1.62. The molecule has 1 unspecified atom stereocenters. The zero-order valence-electron chi connectivity index (χ0n) is 12.0. The summed E-state index contributed by atoms with van der Waals surface area (Å²) in [5.41, 5.74) is 6.63. The summed E-state index contributed by atoms with van der Waals surface area (Å²) >= 11 is 0. The van der Waals surface area contributed by atoms with Gasteiger partial charge in [-0.1, -0.05) is 18.6 Å². The van der Waals surface area contributed by atoms with Crippen LogP contribution in [0.5, 0.6) is 5.75 Å². The number of ether oxygens (including phenoxy) is 2. The Labute approximate surface area is 120 Å². The Kier molecular flexibility index (Phi) is 5.41. The number of carbonyl (C=O) groups excluding carboxylic acids is 1. The summed E-state index contributed by atoms with van der Waals surface area (Å²) in [4.78, 5) is 12.3. The fraction of sp³-hybridized carbons (Fsp3) is 0.562. The molecule has 1 aromatic carbocycles. The Morgan fingerprint density at radius 3 is 2.45 bits per heavy atom. The van der Waals surface area contributed by atoms with Gasteiger partial charge < -0.3 is 15.2 Å². The largest absolute Gasteiger partial charge is 0.497 e. The Hall–Kier alpha value is -1.55. The van der Waals surface area contributed by atoms with E-state index in [1.165, 1.54) is 6.42 Å². The minimum absolute atomic E-state index is 0.0727. The Morgan fingerprint density at radius 2 is 1.90 bits per heavy atom. The predicted octanol–water partition coefficient (Wildman–Crippen LogP) is 2.61. The van der Waals surface area contributed by atoms with Crippen LogP contribution in [0.2, 0.25) is 0 Å². The third kappa shape index (κ3) is 3.73. The topological polar surface area (TPSA) is 61.5 Å². The van der Waals surface area contributed by atoms with Crippen LogP contribution in [0.15, 0.2) is 24.3 Å². The normalized spacial score (nSPS) is 17.5. The molecule has 1 atom stereocenters. The molecule has 110 valence electrons. The molecule has 0 aromatic heterocycles. The number of rotatable bonds is 5. The van der Waals surface area contributed by atoms with Crippen molar-refractivity contribution in [1.29, 1.82) is 0 Å². The van der Waals surface area contributed by atoms with Crippen LogP contribution in [0.3, 0.4) is 0 Å². The molecular formula is C16H23NO3. The fourth-order valence-electron chi connectivity index (χ4n) is 2.63. The van der Waals surface area contributed by atoms with E-state index in [4.69, 9.17) is 15.2 Å². The first-order valence-corrected chi connectivity index (χ1v) is 7.29. The van der Waals surface area contributed by atoms with E-state index in [0.29, 0.717) is 0 Å². The lowest BCUT2D eigenvalue weighted by Gasteiger charge is -2.24. The summed E-state index contributed by atoms with van der Waals surface area (Å²) < 4.78 is 10.7. The van der Waals surface area contributed by atoms with Crippen molar-refractivity contribution in [2.45, 2.75) is 44.1 Å². The zero-order valence-corrected chi connectivity index (χ0v) is 12.0. The number of esters is 1. The highest BCUT2D eigenvalue weighted by molar-refractivity contribution is 5.78. The van der Waals surface area contributed by atoms with Gasteiger partial charge in [-0.25, -0.2) is 0 Å². The number of carbonyl (C=O) groups is 1. The van der Waals surface area contributed by atoms with Crippen LogP contribution in [0.25, 0.3) is 0 Å². The average molecular weight is 277 g/mol. The average Bonchev–Trinajstić information content (AvgIpc) is 2.49. The molecule has 0 aliphatic heterocycles. The number of hydrogen-bond acceptors (Lipinski definition) is 4. The molecule has 0 amide bonds. The fourth-order valence-corrected chi connectivity index (χ4v) is 2.63. The first-order valence-electron chi connectivity index (χ1n) is 7.29. The van der Waals surface area contributed by atoms with Crippen molar-refractivity contribution in [3.63, 3.8) is 0 Å². The van der Waals surface area contributed by atoms with Crippen LogP contribution in [-0.2, 0) is 9.53 Å². The van der Waals surface area contributed by atoms with Crippen molar-refractivity contribution in [1.82, 2.24) is 0 Å². The van der Waals surface area contributed by atoms with Gasteiger partial charge in [0.1, 0.15) is 11.9 Å². The van der Waals surface area contributed by atoms with Gasteiger partial charge >= 0.3 is 5.97 Å². The maximum Gasteiger partial charge on any atom is 0.314 e. The summed E-state index contributed by atoms with van der Waals surface area (Å²) in [5, 5.41) is 0. The number of methoxy groups -OCH3 is 1. The van der Waals surface area contributed by atoms with Crippen molar-refractivity contribution in [3.8, 4) is 5.75 Å². The molecule has 4 heteroatoms. The SMILES string of the molecule is COc1ccc(C(CN)C(=O)OC2CCCCC2)cc1. The molecule has 1 fully saturated rings. The first kappa shape index (κ1) is 14.9. The van der Waals surface area contributed by atoms with Crippen LogP contribution >= 0.6 is 0 Å². The van der Waals surface area contributed by atoms with Gasteiger partial charge in [-0.3, -0.25) is 4.79 Å². The Morgan fingerprint density at radius 1 is 1.25 bits per heavy atom. The standard InChI is InChI=1S/C16H23NO3/c1-19-13-9-7-12(8-10-13)15(11-17)16(18)20-14-5-3-2-4-6-14/h7-10,14-15H,2-6,11,17H2,1H3. The molecule has 1 aliphatic carbocycles. The van der Waals surface area contributed by atoms with Gasteiger partial charge in [0.05, 0.1) is 13.0 Å². The summed E-state index contributed by atoms with van der Waals surface area (Å²) in [6, 6.07) is 7.43. The number of nitrogens with two attached hydrogens (primary N) is 1. The lowest BCUT2D eigenvalue weighted by Crippen LogP contribution is -2.28. The van der Waals surface area contributed by atoms with Crippen LogP contribution in [0.1, 0.15) is 43.6 Å². The molecule has 2 N–H and O–H groups in total. The van der Waals surface area contributed by atoms with E-state index in [1.807, 2.05) is 24.3 Å². The van der Waals surface area contributed by atoms with Crippen molar-refractivity contribution in [2.24, 2.45) is 5.73 Å². The summed E-state index contributed by atoms with van der Waals surface area (Å²) in [6.07, 6.45) is 5.56. The third-order valence-corrected chi connectivity index (χ3v) is 3.87. The molecule has 0 spiro atoms. The summed E-state index contributed by atoms with van der Waals surface area (Å²) in [5.74, 6) is 0.178. The highest BCUT2D eigenvalue weighted by Crippen LogP contribution is 2.24. The molecule has 4 nitrogen and oxygen atoms in total. The van der Waals surface area contributed by atoms with Gasteiger partial charge in [0, 0.05) is 6.54 Å². The van der Waals surface area contributed by atoms with E-state index in [2.05, 4.69) is 0 Å². The van der Waals surface area contributed by atoms with Crippen LogP contribution in [-0.4, -0.2) is 25.7 Å². The highest BCUT2D eigenvalue weighted by atomic mass is 16.5. The Bertz CT molecular complexity index is 424. The van der Waals surface area contributed by atoms with Gasteiger partial charge in [0.15, 0.2) is 0 Å². The molecule has 1 saturated carbocycles. The maximum absolute atomic E-state index is 12.3. The molecule has 0 saturated heterocycles. The lowest BCUT2D eigenvalue weighted by molar-refractivity contribution is -0.152. The molecule has 2 rings (SSSR count). The van der Waals surface area contributed by atoms with E-state index in [-0.39, 0.29) is 24.5 Å².